The lowest BCUT2D eigenvalue weighted by Gasteiger charge is -2.56. The van der Waals surface area contributed by atoms with Gasteiger partial charge in [0.1, 0.15) is 11.9 Å². The molecule has 32 heavy (non-hydrogen) atoms. The predicted molar refractivity (Wildman–Crippen MR) is 129 cm³/mol. The van der Waals surface area contributed by atoms with Crippen LogP contribution in [0.3, 0.4) is 0 Å². The molecule has 3 nitrogen and oxygen atoms in total. The fraction of sp³-hybridized carbons (Fsp3) is 0.793. The molecule has 0 amide bonds. The minimum Gasteiger partial charge on any atom is -0.463 e. The molecule has 3 fully saturated rings. The van der Waals surface area contributed by atoms with Crippen molar-refractivity contribution in [2.75, 3.05) is 0 Å². The normalized spacial score (nSPS) is 41.6. The average Bonchev–Trinajstić information content (AvgIpc) is 3.03. The summed E-state index contributed by atoms with van der Waals surface area (Å²) in [6.07, 6.45) is 14.4. The fourth-order valence-electron chi connectivity index (χ4n) is 8.46. The Kier molecular flexibility index (Phi) is 6.51. The molecule has 4 aliphatic rings. The van der Waals surface area contributed by atoms with Crippen LogP contribution >= 0.6 is 0 Å². The average molecular weight is 441 g/mol. The minimum absolute atomic E-state index is 0.0296. The third-order valence-corrected chi connectivity index (χ3v) is 10.00. The Morgan fingerprint density at radius 2 is 1.94 bits per heavy atom. The molecule has 0 saturated heterocycles. The number of rotatable bonds is 5. The Labute approximate surface area is 195 Å². The number of ether oxygens (including phenoxy) is 1. The zero-order valence-electron chi connectivity index (χ0n) is 21.2. The lowest BCUT2D eigenvalue weighted by molar-refractivity contribution is -0.154. The molecule has 0 aromatic carbocycles. The number of hydrogen-bond donors (Lipinski definition) is 0. The topological polar surface area (TPSA) is 43.4 Å². The van der Waals surface area contributed by atoms with E-state index in [0.29, 0.717) is 29.5 Å². The molecule has 4 aliphatic carbocycles. The van der Waals surface area contributed by atoms with Crippen LogP contribution in [0.2, 0.25) is 0 Å². The molecule has 0 aliphatic heterocycles. The van der Waals surface area contributed by atoms with Crippen molar-refractivity contribution in [3.8, 4) is 0 Å². The lowest BCUT2D eigenvalue weighted by atomic mass is 9.47. The first-order chi connectivity index (χ1) is 15.1. The highest BCUT2D eigenvalue weighted by Crippen LogP contribution is 2.66. The summed E-state index contributed by atoms with van der Waals surface area (Å²) in [5.74, 6) is 2.75. The van der Waals surface area contributed by atoms with E-state index in [2.05, 4.69) is 46.8 Å². The van der Waals surface area contributed by atoms with Crippen LogP contribution < -0.4 is 0 Å². The minimum atomic E-state index is -0.175. The monoisotopic (exact) mass is 440 g/mol. The number of Topliss-reactive ketones (excluding diaryl/α,β-unsaturated/α-hetero) is 1. The van der Waals surface area contributed by atoms with Gasteiger partial charge < -0.3 is 4.74 Å². The van der Waals surface area contributed by atoms with Gasteiger partial charge in [0.05, 0.1) is 0 Å². The van der Waals surface area contributed by atoms with E-state index in [1.165, 1.54) is 37.3 Å². The van der Waals surface area contributed by atoms with Crippen LogP contribution in [0, 0.1) is 40.4 Å². The molecule has 4 rings (SSSR count). The summed E-state index contributed by atoms with van der Waals surface area (Å²) in [5, 5.41) is 0. The van der Waals surface area contributed by atoms with Crippen molar-refractivity contribution in [1.29, 1.82) is 0 Å². The highest BCUT2D eigenvalue weighted by Gasteiger charge is 2.61. The zero-order valence-corrected chi connectivity index (χ0v) is 21.2. The largest absolute Gasteiger partial charge is 0.463 e. The van der Waals surface area contributed by atoms with Crippen LogP contribution in [0.15, 0.2) is 23.3 Å². The van der Waals surface area contributed by atoms with Crippen molar-refractivity contribution in [2.45, 2.75) is 105 Å². The molecule has 0 unspecified atom stereocenters. The second-order valence-corrected chi connectivity index (χ2v) is 12.3. The molecule has 0 heterocycles. The highest BCUT2D eigenvalue weighted by molar-refractivity contribution is 5.87. The van der Waals surface area contributed by atoms with Gasteiger partial charge in [0, 0.05) is 19.3 Å². The first kappa shape index (κ1) is 23.8. The first-order valence-electron chi connectivity index (χ1n) is 13.1. The number of ketones is 1. The quantitative estimate of drug-likeness (QED) is 0.339. The summed E-state index contributed by atoms with van der Waals surface area (Å²) in [6, 6.07) is 0. The van der Waals surface area contributed by atoms with Gasteiger partial charge in [-0.1, -0.05) is 44.1 Å². The summed E-state index contributed by atoms with van der Waals surface area (Å²) in [4.78, 5) is 25.3. The van der Waals surface area contributed by atoms with E-state index in [4.69, 9.17) is 4.74 Å². The Hall–Kier alpha value is -1.38. The van der Waals surface area contributed by atoms with Crippen molar-refractivity contribution >= 4 is 11.8 Å². The molecule has 0 spiro atoms. The molecule has 0 aromatic rings. The summed E-state index contributed by atoms with van der Waals surface area (Å²) >= 11 is 0. The number of hydrogen-bond acceptors (Lipinski definition) is 3. The maximum atomic E-state index is 13.8. The number of fused-ring (bicyclic) bond motifs is 5. The van der Waals surface area contributed by atoms with Gasteiger partial charge in [0.2, 0.25) is 0 Å². The van der Waals surface area contributed by atoms with Crippen molar-refractivity contribution in [1.82, 2.24) is 0 Å². The Bertz CT molecular complexity index is 818. The number of esters is 1. The molecule has 0 bridgehead atoms. The van der Waals surface area contributed by atoms with E-state index in [1.807, 2.05) is 0 Å². The van der Waals surface area contributed by atoms with Gasteiger partial charge >= 0.3 is 5.97 Å². The zero-order chi connectivity index (χ0) is 23.3. The second-order valence-electron chi connectivity index (χ2n) is 12.3. The molecular formula is C29H44O3. The third-order valence-electron chi connectivity index (χ3n) is 10.00. The fourth-order valence-corrected chi connectivity index (χ4v) is 8.46. The predicted octanol–water partition coefficient (Wildman–Crippen LogP) is 7.06. The van der Waals surface area contributed by atoms with Crippen molar-refractivity contribution in [2.24, 2.45) is 40.4 Å². The van der Waals surface area contributed by atoms with Crippen LogP contribution in [0.4, 0.5) is 0 Å². The van der Waals surface area contributed by atoms with E-state index < -0.39 is 0 Å². The van der Waals surface area contributed by atoms with Gasteiger partial charge in [-0.2, -0.15) is 0 Å². The van der Waals surface area contributed by atoms with E-state index in [1.54, 1.807) is 0 Å². The number of allylic oxidation sites excluding steroid dienone is 4. The molecule has 0 aromatic heterocycles. The van der Waals surface area contributed by atoms with Gasteiger partial charge in [0.15, 0.2) is 0 Å². The SMILES string of the molecule is CC(=O)O[C@@H]1CC[C@]2(C)[C@H](CC=C3[C@H]2C(=O)C[C@@]2(C)[C@@H]([C@H](C)CCC=C(C)C)CC[C@@H]32)C1. The molecule has 3 heteroatoms. The molecule has 3 saturated carbocycles. The van der Waals surface area contributed by atoms with Gasteiger partial charge in [-0.25, -0.2) is 0 Å². The molecule has 8 atom stereocenters. The lowest BCUT2D eigenvalue weighted by Crippen LogP contribution is -2.54. The summed E-state index contributed by atoms with van der Waals surface area (Å²) in [5.41, 5.74) is 3.06. The van der Waals surface area contributed by atoms with Crippen LogP contribution in [0.1, 0.15) is 99.3 Å². The first-order valence-corrected chi connectivity index (χ1v) is 13.1. The number of carbonyl (C=O) groups is 2. The highest BCUT2D eigenvalue weighted by atomic mass is 16.5. The van der Waals surface area contributed by atoms with Gasteiger partial charge in [-0.15, -0.1) is 0 Å². The van der Waals surface area contributed by atoms with Crippen LogP contribution in [0.25, 0.3) is 0 Å². The maximum Gasteiger partial charge on any atom is 0.302 e. The molecular weight excluding hydrogens is 396 g/mol. The van der Waals surface area contributed by atoms with E-state index >= 15 is 0 Å². The van der Waals surface area contributed by atoms with Crippen molar-refractivity contribution in [3.05, 3.63) is 23.3 Å². The smallest absolute Gasteiger partial charge is 0.302 e. The summed E-state index contributed by atoms with van der Waals surface area (Å²) in [7, 11) is 0. The van der Waals surface area contributed by atoms with Gasteiger partial charge in [0.25, 0.3) is 0 Å². The maximum absolute atomic E-state index is 13.8. The van der Waals surface area contributed by atoms with Crippen molar-refractivity contribution < 1.29 is 14.3 Å². The van der Waals surface area contributed by atoms with E-state index in [9.17, 15) is 9.59 Å². The van der Waals surface area contributed by atoms with E-state index in [0.717, 1.165) is 38.5 Å². The summed E-state index contributed by atoms with van der Waals surface area (Å²) < 4.78 is 5.57. The third kappa shape index (κ3) is 4.03. The Balaban J connectivity index is 1.55. The van der Waals surface area contributed by atoms with Gasteiger partial charge in [-0.05, 0) is 99.7 Å². The molecule has 0 N–H and O–H groups in total. The van der Waals surface area contributed by atoms with E-state index in [-0.39, 0.29) is 28.8 Å². The number of carbonyl (C=O) groups excluding carboxylic acids is 2. The Morgan fingerprint density at radius 3 is 2.62 bits per heavy atom. The molecule has 178 valence electrons. The molecule has 0 radical (unpaired) electrons. The van der Waals surface area contributed by atoms with Gasteiger partial charge in [-0.3, -0.25) is 9.59 Å². The van der Waals surface area contributed by atoms with Crippen LogP contribution in [-0.2, 0) is 14.3 Å². The summed E-state index contributed by atoms with van der Waals surface area (Å²) in [6.45, 7) is 13.1. The standard InChI is InChI=1S/C29H44O3/c1-18(2)8-7-9-19(3)24-12-13-25-23-11-10-21-16-22(32-20(4)30)14-15-28(21,5)27(23)26(31)17-29(24,25)6/h8,11,19,21-22,24-25,27H,7,9-10,12-17H2,1-6H3/t19-,21-,22-,24-,25+,27+,28-,29+/m1/s1. The van der Waals surface area contributed by atoms with Crippen LogP contribution in [0.5, 0.6) is 0 Å². The van der Waals surface area contributed by atoms with Crippen LogP contribution in [-0.4, -0.2) is 17.9 Å². The second kappa shape index (κ2) is 8.76. The Morgan fingerprint density at radius 1 is 1.19 bits per heavy atom. The van der Waals surface area contributed by atoms with Crippen molar-refractivity contribution in [3.63, 3.8) is 0 Å².